The van der Waals surface area contributed by atoms with Gasteiger partial charge in [0.25, 0.3) is 0 Å². The Labute approximate surface area is 126 Å². The van der Waals surface area contributed by atoms with Crippen LogP contribution in [0, 0.1) is 0 Å². The highest BCUT2D eigenvalue weighted by Gasteiger charge is 2.43. The fraction of sp³-hybridized carbons (Fsp3) is 0.875. The SMILES string of the molecule is CC(=O)NC1COC(COS(=O)(=O)O)C(OS(=O)(=O)O)C1O. The maximum Gasteiger partial charge on any atom is 0.397 e. The van der Waals surface area contributed by atoms with Crippen molar-refractivity contribution in [3.8, 4) is 0 Å². The van der Waals surface area contributed by atoms with E-state index in [1.165, 1.54) is 0 Å². The number of rotatable bonds is 6. The van der Waals surface area contributed by atoms with Crippen molar-refractivity contribution >= 4 is 26.7 Å². The van der Waals surface area contributed by atoms with E-state index in [0.717, 1.165) is 6.92 Å². The molecular weight excluding hydrogens is 350 g/mol. The molecule has 4 unspecified atom stereocenters. The van der Waals surface area contributed by atoms with Gasteiger partial charge in [0.2, 0.25) is 5.91 Å². The lowest BCUT2D eigenvalue weighted by Crippen LogP contribution is -2.61. The quantitative estimate of drug-likeness (QED) is 0.358. The van der Waals surface area contributed by atoms with E-state index in [2.05, 4.69) is 13.7 Å². The van der Waals surface area contributed by atoms with Crippen LogP contribution in [0.25, 0.3) is 0 Å². The summed E-state index contributed by atoms with van der Waals surface area (Å²) in [5.41, 5.74) is 0. The fourth-order valence-electron chi connectivity index (χ4n) is 1.81. The molecule has 22 heavy (non-hydrogen) atoms. The topological polar surface area (TPSA) is 186 Å². The minimum Gasteiger partial charge on any atom is -0.388 e. The van der Waals surface area contributed by atoms with Crippen molar-refractivity contribution in [3.05, 3.63) is 0 Å². The fourth-order valence-corrected chi connectivity index (χ4v) is 2.64. The van der Waals surface area contributed by atoms with E-state index >= 15 is 0 Å². The average Bonchev–Trinajstić information content (AvgIpc) is 2.30. The molecule has 0 saturated carbocycles. The highest BCUT2D eigenvalue weighted by Crippen LogP contribution is 2.21. The van der Waals surface area contributed by atoms with Crippen LogP contribution in [0.3, 0.4) is 0 Å². The van der Waals surface area contributed by atoms with Crippen LogP contribution >= 0.6 is 0 Å². The second-order valence-corrected chi connectivity index (χ2v) is 6.51. The number of nitrogens with one attached hydrogen (secondary N) is 1. The van der Waals surface area contributed by atoms with Gasteiger partial charge in [0.05, 0.1) is 19.3 Å². The lowest BCUT2D eigenvalue weighted by Gasteiger charge is -2.38. The Hall–Kier alpha value is -0.870. The number of amides is 1. The molecule has 0 bridgehead atoms. The second kappa shape index (κ2) is 7.14. The number of hydrogen-bond donors (Lipinski definition) is 4. The molecule has 0 aromatic carbocycles. The Morgan fingerprint density at radius 3 is 2.32 bits per heavy atom. The van der Waals surface area contributed by atoms with E-state index in [0.29, 0.717) is 0 Å². The molecular formula is C8H15NO11S2. The molecule has 12 nitrogen and oxygen atoms in total. The Morgan fingerprint density at radius 2 is 1.86 bits per heavy atom. The van der Waals surface area contributed by atoms with Crippen LogP contribution in [0.15, 0.2) is 0 Å². The number of aliphatic hydroxyl groups excluding tert-OH is 1. The first kappa shape index (κ1) is 19.2. The predicted molar refractivity (Wildman–Crippen MR) is 67.3 cm³/mol. The van der Waals surface area contributed by atoms with E-state index in [1.54, 1.807) is 0 Å². The van der Waals surface area contributed by atoms with Crippen molar-refractivity contribution in [1.82, 2.24) is 5.32 Å². The summed E-state index contributed by atoms with van der Waals surface area (Å²) in [6.07, 6.45) is -4.89. The Balaban J connectivity index is 2.89. The van der Waals surface area contributed by atoms with E-state index in [-0.39, 0.29) is 6.61 Å². The van der Waals surface area contributed by atoms with Gasteiger partial charge < -0.3 is 15.2 Å². The lowest BCUT2D eigenvalue weighted by atomic mass is 9.98. The molecule has 1 rings (SSSR count). The molecule has 4 atom stereocenters. The van der Waals surface area contributed by atoms with Crippen LogP contribution in [0.2, 0.25) is 0 Å². The Kier molecular flexibility index (Phi) is 6.22. The van der Waals surface area contributed by atoms with Crippen molar-refractivity contribution in [2.75, 3.05) is 13.2 Å². The van der Waals surface area contributed by atoms with Crippen LogP contribution in [0.1, 0.15) is 6.92 Å². The van der Waals surface area contributed by atoms with Crippen LogP contribution < -0.4 is 5.32 Å². The monoisotopic (exact) mass is 365 g/mol. The number of hydrogen-bond acceptors (Lipinski definition) is 9. The molecule has 14 heteroatoms. The summed E-state index contributed by atoms with van der Waals surface area (Å²) < 4.78 is 73.0. The van der Waals surface area contributed by atoms with Crippen molar-refractivity contribution in [2.45, 2.75) is 31.3 Å². The van der Waals surface area contributed by atoms with Crippen molar-refractivity contribution < 1.29 is 48.9 Å². The number of carbonyl (C=O) groups excluding carboxylic acids is 1. The molecule has 130 valence electrons. The first-order chi connectivity index (χ1) is 9.89. The molecule has 1 aliphatic rings. The third-order valence-electron chi connectivity index (χ3n) is 2.61. The zero-order chi connectivity index (χ0) is 17.1. The molecule has 0 spiro atoms. The standard InChI is InChI=1S/C8H15NO11S2/c1-4(10)9-5-2-18-6(3-19-21(12,13)14)8(7(5)11)20-22(15,16)17/h5-8,11H,2-3H2,1H3,(H,9,10)(H,12,13,14)(H,15,16,17). The van der Waals surface area contributed by atoms with Gasteiger partial charge in [0.15, 0.2) is 0 Å². The van der Waals surface area contributed by atoms with E-state index < -0.39 is 57.7 Å². The predicted octanol–water partition coefficient (Wildman–Crippen LogP) is -2.74. The molecule has 1 amide bonds. The first-order valence-corrected chi connectivity index (χ1v) is 8.46. The molecule has 4 N–H and O–H groups in total. The van der Waals surface area contributed by atoms with Gasteiger partial charge in [-0.2, -0.15) is 16.8 Å². The van der Waals surface area contributed by atoms with Gasteiger partial charge in [0, 0.05) is 6.92 Å². The van der Waals surface area contributed by atoms with Crippen LogP contribution in [0.5, 0.6) is 0 Å². The Bertz CT molecular complexity index is 600. The molecule has 0 aromatic heterocycles. The molecule has 0 aromatic rings. The maximum atomic E-state index is 11.0. The Morgan fingerprint density at radius 1 is 1.27 bits per heavy atom. The third kappa shape index (κ3) is 6.49. The lowest BCUT2D eigenvalue weighted by molar-refractivity contribution is -0.154. The normalized spacial score (nSPS) is 30.0. The summed E-state index contributed by atoms with van der Waals surface area (Å²) in [4.78, 5) is 11.0. The van der Waals surface area contributed by atoms with Crippen molar-refractivity contribution in [2.24, 2.45) is 0 Å². The zero-order valence-electron chi connectivity index (χ0n) is 11.1. The molecule has 1 aliphatic heterocycles. The summed E-state index contributed by atoms with van der Waals surface area (Å²) in [5, 5.41) is 12.2. The highest BCUT2D eigenvalue weighted by atomic mass is 32.3. The summed E-state index contributed by atoms with van der Waals surface area (Å²) in [5.74, 6) is -0.550. The average molecular weight is 365 g/mol. The van der Waals surface area contributed by atoms with Gasteiger partial charge >= 0.3 is 20.8 Å². The number of ether oxygens (including phenoxy) is 1. The van der Waals surface area contributed by atoms with Gasteiger partial charge in [-0.25, -0.2) is 8.37 Å². The molecule has 1 saturated heterocycles. The van der Waals surface area contributed by atoms with Gasteiger partial charge in [-0.05, 0) is 0 Å². The van der Waals surface area contributed by atoms with E-state index in [4.69, 9.17) is 13.8 Å². The molecule has 0 aliphatic carbocycles. The third-order valence-corrected chi connectivity index (χ3v) is 3.51. The maximum absolute atomic E-state index is 11.0. The van der Waals surface area contributed by atoms with E-state index in [1.807, 2.05) is 0 Å². The summed E-state index contributed by atoms with van der Waals surface area (Å²) in [6, 6.07) is -1.06. The van der Waals surface area contributed by atoms with Crippen LogP contribution in [-0.2, 0) is 38.7 Å². The first-order valence-electron chi connectivity index (χ1n) is 5.73. The molecule has 0 radical (unpaired) electrons. The van der Waals surface area contributed by atoms with Gasteiger partial charge in [-0.3, -0.25) is 13.9 Å². The highest BCUT2D eigenvalue weighted by molar-refractivity contribution is 7.81. The van der Waals surface area contributed by atoms with E-state index in [9.17, 15) is 26.7 Å². The summed E-state index contributed by atoms with van der Waals surface area (Å²) in [6.45, 7) is -0.0621. The minimum absolute atomic E-state index is 0.314. The van der Waals surface area contributed by atoms with Gasteiger partial charge in [-0.1, -0.05) is 0 Å². The van der Waals surface area contributed by atoms with Gasteiger partial charge in [0.1, 0.15) is 18.3 Å². The van der Waals surface area contributed by atoms with Crippen molar-refractivity contribution in [3.63, 3.8) is 0 Å². The number of carbonyl (C=O) groups is 1. The molecule has 1 fully saturated rings. The molecule has 1 heterocycles. The number of aliphatic hydroxyl groups is 1. The van der Waals surface area contributed by atoms with Gasteiger partial charge in [-0.15, -0.1) is 0 Å². The minimum atomic E-state index is -5.02. The largest absolute Gasteiger partial charge is 0.397 e. The summed E-state index contributed by atoms with van der Waals surface area (Å²) in [7, 11) is -9.85. The van der Waals surface area contributed by atoms with Crippen LogP contribution in [-0.4, -0.2) is 74.5 Å². The van der Waals surface area contributed by atoms with Crippen molar-refractivity contribution in [1.29, 1.82) is 0 Å². The summed E-state index contributed by atoms with van der Waals surface area (Å²) >= 11 is 0. The smallest absolute Gasteiger partial charge is 0.388 e. The second-order valence-electron chi connectivity index (χ2n) is 4.37. The van der Waals surface area contributed by atoms with Crippen LogP contribution in [0.4, 0.5) is 0 Å². The zero-order valence-corrected chi connectivity index (χ0v) is 12.8.